The van der Waals surface area contributed by atoms with Gasteiger partial charge in [0.1, 0.15) is 24.7 Å². The maximum atomic E-state index is 11.7. The number of carbonyl (C=O) groups is 1. The first-order chi connectivity index (χ1) is 16.1. The molecular formula is C27H28N2O4. The van der Waals surface area contributed by atoms with Gasteiger partial charge in [-0.25, -0.2) is 0 Å². The maximum Gasteiger partial charge on any atom is 0.308 e. The van der Waals surface area contributed by atoms with Gasteiger partial charge < -0.3 is 19.6 Å². The molecule has 0 aromatic heterocycles. The van der Waals surface area contributed by atoms with Crippen molar-refractivity contribution in [2.45, 2.75) is 26.0 Å². The molecule has 0 aliphatic rings. The first kappa shape index (κ1) is 23.7. The van der Waals surface area contributed by atoms with E-state index >= 15 is 0 Å². The Morgan fingerprint density at radius 1 is 0.939 bits per heavy atom. The van der Waals surface area contributed by atoms with E-state index in [2.05, 4.69) is 11.7 Å². The number of esters is 1. The summed E-state index contributed by atoms with van der Waals surface area (Å²) in [6.45, 7) is 6.33. The van der Waals surface area contributed by atoms with Crippen molar-refractivity contribution in [1.82, 2.24) is 0 Å². The Labute approximate surface area is 194 Å². The zero-order valence-electron chi connectivity index (χ0n) is 18.7. The van der Waals surface area contributed by atoms with E-state index in [0.717, 1.165) is 16.7 Å². The predicted octanol–water partition coefficient (Wildman–Crippen LogP) is 5.41. The number of benzene rings is 3. The third kappa shape index (κ3) is 7.31. The molecule has 3 aromatic rings. The molecule has 0 saturated carbocycles. The molecule has 0 heterocycles. The number of nitrogens with zero attached hydrogens (tertiary/aromatic N) is 1. The number of hydrogen-bond donors (Lipinski definition) is 1. The molecule has 3 aromatic carbocycles. The second-order valence-electron chi connectivity index (χ2n) is 7.34. The summed E-state index contributed by atoms with van der Waals surface area (Å²) in [5, 5.41) is 8.11. The van der Waals surface area contributed by atoms with Crippen LogP contribution in [0.3, 0.4) is 0 Å². The highest BCUT2D eigenvalue weighted by molar-refractivity contribution is 5.99. The summed E-state index contributed by atoms with van der Waals surface area (Å²) >= 11 is 0. The molecule has 0 bridgehead atoms. The Hall–Kier alpha value is -3.93. The van der Waals surface area contributed by atoms with Crippen LogP contribution in [0.5, 0.6) is 11.5 Å². The Balaban J connectivity index is 1.48. The Morgan fingerprint density at radius 3 is 2.21 bits per heavy atom. The second-order valence-corrected chi connectivity index (χ2v) is 7.34. The van der Waals surface area contributed by atoms with E-state index in [1.807, 2.05) is 78.9 Å². The summed E-state index contributed by atoms with van der Waals surface area (Å²) in [7, 11) is 0. The lowest BCUT2D eigenvalue weighted by molar-refractivity contribution is -0.143. The van der Waals surface area contributed by atoms with Crippen LogP contribution in [0.15, 0.2) is 83.9 Å². The molecule has 0 saturated heterocycles. The van der Waals surface area contributed by atoms with Gasteiger partial charge in [0.2, 0.25) is 0 Å². The quantitative estimate of drug-likeness (QED) is 0.299. The number of aliphatic imine (C=N–C) groups is 1. The molecule has 0 fully saturated rings. The minimum absolute atomic E-state index is 0.163. The molecule has 33 heavy (non-hydrogen) atoms. The largest absolute Gasteiger partial charge is 0.489 e. The van der Waals surface area contributed by atoms with Crippen molar-refractivity contribution >= 4 is 18.4 Å². The first-order valence-electron chi connectivity index (χ1n) is 10.8. The van der Waals surface area contributed by atoms with E-state index in [9.17, 15) is 4.79 Å². The van der Waals surface area contributed by atoms with Crippen molar-refractivity contribution in [3.63, 3.8) is 0 Å². The monoisotopic (exact) mass is 444 g/mol. The number of nitrogens with one attached hydrogen (secondary N) is 1. The van der Waals surface area contributed by atoms with Gasteiger partial charge in [0.05, 0.1) is 24.8 Å². The molecule has 1 atom stereocenters. The van der Waals surface area contributed by atoms with Gasteiger partial charge in [-0.1, -0.05) is 54.6 Å². The summed E-state index contributed by atoms with van der Waals surface area (Å²) in [4.78, 5) is 15.8. The van der Waals surface area contributed by atoms with Crippen LogP contribution in [0, 0.1) is 5.41 Å². The third-order valence-electron chi connectivity index (χ3n) is 4.98. The molecule has 0 spiro atoms. The summed E-state index contributed by atoms with van der Waals surface area (Å²) < 4.78 is 16.6. The van der Waals surface area contributed by atoms with Crippen molar-refractivity contribution < 1.29 is 19.0 Å². The molecule has 0 amide bonds. The van der Waals surface area contributed by atoms with E-state index in [-0.39, 0.29) is 25.0 Å². The van der Waals surface area contributed by atoms with Gasteiger partial charge >= 0.3 is 5.97 Å². The number of ether oxygens (including phenoxy) is 3. The predicted molar refractivity (Wildman–Crippen MR) is 130 cm³/mol. The van der Waals surface area contributed by atoms with Crippen molar-refractivity contribution in [2.75, 3.05) is 13.2 Å². The Kier molecular flexibility index (Phi) is 8.77. The standard InChI is InChI=1S/C27H28N2O4/c1-3-31-27(30)17-26(29-2)22-11-15-24(16-12-22)32-18-20-9-13-23(14-10-20)33-19-25(28)21-7-5-4-6-8-21/h4-16,26,28H,2-3,17-19H2,1H3. The van der Waals surface area contributed by atoms with Crippen molar-refractivity contribution in [1.29, 1.82) is 5.41 Å². The van der Waals surface area contributed by atoms with Crippen LogP contribution in [0.1, 0.15) is 36.1 Å². The van der Waals surface area contributed by atoms with Crippen LogP contribution in [0.25, 0.3) is 0 Å². The molecular weight excluding hydrogens is 416 g/mol. The zero-order valence-corrected chi connectivity index (χ0v) is 18.7. The maximum absolute atomic E-state index is 11.7. The fourth-order valence-electron chi connectivity index (χ4n) is 3.18. The van der Waals surface area contributed by atoms with Crippen LogP contribution in [-0.4, -0.2) is 31.6 Å². The third-order valence-corrected chi connectivity index (χ3v) is 4.98. The minimum atomic E-state index is -0.339. The fourth-order valence-corrected chi connectivity index (χ4v) is 3.18. The fraction of sp³-hybridized carbons (Fsp3) is 0.222. The summed E-state index contributed by atoms with van der Waals surface area (Å²) in [5.74, 6) is 1.13. The lowest BCUT2D eigenvalue weighted by atomic mass is 10.0. The van der Waals surface area contributed by atoms with Crippen molar-refractivity contribution in [2.24, 2.45) is 4.99 Å². The van der Waals surface area contributed by atoms with Crippen LogP contribution >= 0.6 is 0 Å². The van der Waals surface area contributed by atoms with Gasteiger partial charge in [-0.2, -0.15) is 0 Å². The summed E-state index contributed by atoms with van der Waals surface area (Å²) in [5.41, 5.74) is 3.16. The lowest BCUT2D eigenvalue weighted by Crippen LogP contribution is -2.11. The van der Waals surface area contributed by atoms with E-state index in [1.54, 1.807) is 6.92 Å². The van der Waals surface area contributed by atoms with Gasteiger partial charge in [-0.15, -0.1) is 0 Å². The van der Waals surface area contributed by atoms with Crippen LogP contribution in [0.2, 0.25) is 0 Å². The average Bonchev–Trinajstić information content (AvgIpc) is 2.86. The second kappa shape index (κ2) is 12.2. The number of rotatable bonds is 12. The highest BCUT2D eigenvalue weighted by Crippen LogP contribution is 2.24. The van der Waals surface area contributed by atoms with E-state index < -0.39 is 0 Å². The summed E-state index contributed by atoms with van der Waals surface area (Å²) in [6, 6.07) is 24.3. The molecule has 0 radical (unpaired) electrons. The van der Waals surface area contributed by atoms with Crippen LogP contribution in [-0.2, 0) is 16.1 Å². The zero-order chi connectivity index (χ0) is 23.5. The average molecular weight is 445 g/mol. The lowest BCUT2D eigenvalue weighted by Gasteiger charge is -2.13. The molecule has 0 aliphatic heterocycles. The van der Waals surface area contributed by atoms with Gasteiger partial charge in [0.25, 0.3) is 0 Å². The molecule has 0 aliphatic carbocycles. The Bertz CT molecular complexity index is 1050. The molecule has 1 N–H and O–H groups in total. The number of carbonyl (C=O) groups excluding carboxylic acids is 1. The van der Waals surface area contributed by atoms with E-state index in [1.165, 1.54) is 0 Å². The topological polar surface area (TPSA) is 81.0 Å². The normalized spacial score (nSPS) is 11.3. The highest BCUT2D eigenvalue weighted by atomic mass is 16.5. The van der Waals surface area contributed by atoms with Crippen LogP contribution < -0.4 is 9.47 Å². The van der Waals surface area contributed by atoms with E-state index in [4.69, 9.17) is 19.6 Å². The highest BCUT2D eigenvalue weighted by Gasteiger charge is 2.15. The Morgan fingerprint density at radius 2 is 1.58 bits per heavy atom. The van der Waals surface area contributed by atoms with Gasteiger partial charge in [0.15, 0.2) is 0 Å². The van der Waals surface area contributed by atoms with Crippen LogP contribution in [0.4, 0.5) is 0 Å². The van der Waals surface area contributed by atoms with Crippen molar-refractivity contribution in [3.05, 3.63) is 95.6 Å². The van der Waals surface area contributed by atoms with Gasteiger partial charge in [0, 0.05) is 0 Å². The van der Waals surface area contributed by atoms with E-state index in [0.29, 0.717) is 30.4 Å². The van der Waals surface area contributed by atoms with Gasteiger partial charge in [-0.3, -0.25) is 9.79 Å². The molecule has 6 heteroatoms. The molecule has 3 rings (SSSR count). The smallest absolute Gasteiger partial charge is 0.308 e. The summed E-state index contributed by atoms with van der Waals surface area (Å²) in [6.07, 6.45) is 0.163. The first-order valence-corrected chi connectivity index (χ1v) is 10.8. The minimum Gasteiger partial charge on any atom is -0.489 e. The number of hydrogen-bond acceptors (Lipinski definition) is 6. The van der Waals surface area contributed by atoms with Crippen molar-refractivity contribution in [3.8, 4) is 11.5 Å². The molecule has 6 nitrogen and oxygen atoms in total. The molecule has 170 valence electrons. The van der Waals surface area contributed by atoms with Gasteiger partial charge in [-0.05, 0) is 54.6 Å². The SMILES string of the molecule is C=NC(CC(=O)OCC)c1ccc(OCc2ccc(OCC(=N)c3ccccc3)cc2)cc1. The molecule has 1 unspecified atom stereocenters.